The van der Waals surface area contributed by atoms with Crippen molar-refractivity contribution in [2.24, 2.45) is 16.6 Å². The number of sulfonamides is 1. The van der Waals surface area contributed by atoms with Gasteiger partial charge >= 0.3 is 0 Å². The highest BCUT2D eigenvalue weighted by Gasteiger charge is 2.27. The van der Waals surface area contributed by atoms with E-state index >= 15 is 0 Å². The van der Waals surface area contributed by atoms with Crippen LogP contribution in [0.3, 0.4) is 0 Å². The van der Waals surface area contributed by atoms with Crippen LogP contribution in [-0.2, 0) is 10.0 Å². The fourth-order valence-electron chi connectivity index (χ4n) is 3.29. The molecule has 2 aromatic carbocycles. The Morgan fingerprint density at radius 1 is 1.16 bits per heavy atom. The third kappa shape index (κ3) is 4.13. The minimum absolute atomic E-state index is 0.0615. The molecular weight excluding hydrogens is 438 g/mol. The first kappa shape index (κ1) is 21.3. The summed E-state index contributed by atoms with van der Waals surface area (Å²) in [6, 6.07) is 8.68. The normalized spacial score (nSPS) is 13.0. The van der Waals surface area contributed by atoms with Crippen molar-refractivity contribution in [1.82, 2.24) is 25.4 Å². The van der Waals surface area contributed by atoms with E-state index in [4.69, 9.17) is 22.3 Å². The third-order valence-electron chi connectivity index (χ3n) is 4.65. The van der Waals surface area contributed by atoms with E-state index in [1.165, 1.54) is 18.0 Å². The highest BCUT2D eigenvalue weighted by molar-refractivity contribution is 8.00. The number of thioether (sulfide) groups is 1. The van der Waals surface area contributed by atoms with Crippen molar-refractivity contribution in [3.8, 4) is 22.4 Å². The average Bonchev–Trinajstić information content (AvgIpc) is 3.39. The number of H-pyrrole nitrogens is 2. The molecule has 0 aliphatic heterocycles. The number of anilines is 1. The number of rotatable bonds is 7. The molecule has 0 bridgehead atoms. The summed E-state index contributed by atoms with van der Waals surface area (Å²) in [6.45, 7) is 0.272. The molecule has 162 valence electrons. The first-order valence-corrected chi connectivity index (χ1v) is 11.7. The molecule has 0 saturated heterocycles. The van der Waals surface area contributed by atoms with Gasteiger partial charge in [0.15, 0.2) is 5.95 Å². The topological polar surface area (TPSA) is 208 Å². The molecule has 4 aromatic rings. The van der Waals surface area contributed by atoms with Gasteiger partial charge in [-0.15, -0.1) is 11.8 Å². The Kier molecular flexibility index (Phi) is 5.68. The number of nitrogens with one attached hydrogen (secondary N) is 2. The van der Waals surface area contributed by atoms with Gasteiger partial charge in [-0.1, -0.05) is 18.2 Å². The van der Waals surface area contributed by atoms with Gasteiger partial charge in [0.2, 0.25) is 10.0 Å². The molecule has 0 amide bonds. The lowest BCUT2D eigenvalue weighted by Crippen LogP contribution is -2.31. The Hall–Kier alpha value is -2.97. The van der Waals surface area contributed by atoms with E-state index in [0.717, 1.165) is 0 Å². The van der Waals surface area contributed by atoms with Gasteiger partial charge in [0.25, 0.3) is 0 Å². The Morgan fingerprint density at radius 2 is 1.97 bits per heavy atom. The quantitative estimate of drug-likeness (QED) is 0.214. The Bertz CT molecular complexity index is 1330. The maximum absolute atomic E-state index is 12.7. The number of aromatic amines is 2. The van der Waals surface area contributed by atoms with Crippen molar-refractivity contribution < 1.29 is 8.42 Å². The van der Waals surface area contributed by atoms with E-state index in [9.17, 15) is 8.42 Å². The zero-order valence-corrected chi connectivity index (χ0v) is 17.9. The van der Waals surface area contributed by atoms with Crippen LogP contribution in [-0.4, -0.2) is 52.1 Å². The summed E-state index contributed by atoms with van der Waals surface area (Å²) in [4.78, 5) is 7.72. The molecule has 2 aromatic heterocycles. The lowest BCUT2D eigenvalue weighted by molar-refractivity contribution is 0.596. The van der Waals surface area contributed by atoms with Crippen LogP contribution in [0.4, 0.5) is 5.95 Å². The first-order chi connectivity index (χ1) is 14.8. The number of benzene rings is 2. The van der Waals surface area contributed by atoms with E-state index in [2.05, 4.69) is 25.4 Å². The predicted molar refractivity (Wildman–Crippen MR) is 120 cm³/mol. The van der Waals surface area contributed by atoms with E-state index in [1.54, 1.807) is 12.1 Å². The van der Waals surface area contributed by atoms with Gasteiger partial charge in [-0.05, 0) is 17.7 Å². The monoisotopic (exact) mass is 459 g/mol. The van der Waals surface area contributed by atoms with Gasteiger partial charge in [0, 0.05) is 34.4 Å². The molecular formula is C18H21N9O2S2. The third-order valence-corrected chi connectivity index (χ3v) is 7.02. The molecule has 0 saturated carbocycles. The molecule has 0 radical (unpaired) electrons. The van der Waals surface area contributed by atoms with Gasteiger partial charge in [0.05, 0.1) is 17.2 Å². The summed E-state index contributed by atoms with van der Waals surface area (Å²) in [5.41, 5.74) is 20.5. The number of imidazole rings is 1. The molecule has 0 spiro atoms. The van der Waals surface area contributed by atoms with Crippen LogP contribution >= 0.6 is 11.8 Å². The summed E-state index contributed by atoms with van der Waals surface area (Å²) in [5.74, 6) is 0.669. The van der Waals surface area contributed by atoms with Gasteiger partial charge in [-0.25, -0.2) is 18.5 Å². The molecule has 0 fully saturated rings. The number of nitrogens with two attached hydrogens (primary N) is 4. The van der Waals surface area contributed by atoms with Crippen LogP contribution in [0.15, 0.2) is 46.3 Å². The maximum Gasteiger partial charge on any atom is 0.239 e. The van der Waals surface area contributed by atoms with Gasteiger partial charge in [-0.2, -0.15) is 15.4 Å². The van der Waals surface area contributed by atoms with E-state index in [0.29, 0.717) is 44.1 Å². The molecule has 10 N–H and O–H groups in total. The second kappa shape index (κ2) is 8.28. The molecule has 13 heteroatoms. The minimum atomic E-state index is -4.15. The summed E-state index contributed by atoms with van der Waals surface area (Å²) >= 11 is 1.27. The van der Waals surface area contributed by atoms with E-state index in [-0.39, 0.29) is 23.4 Å². The molecule has 0 aliphatic carbocycles. The molecule has 2 heterocycles. The maximum atomic E-state index is 12.7. The highest BCUT2D eigenvalue weighted by Crippen LogP contribution is 2.42. The fraction of sp³-hybridized carbons (Fsp3) is 0.167. The zero-order valence-electron chi connectivity index (χ0n) is 16.2. The van der Waals surface area contributed by atoms with E-state index in [1.807, 2.05) is 18.2 Å². The van der Waals surface area contributed by atoms with Crippen molar-refractivity contribution in [3.05, 3.63) is 36.5 Å². The summed E-state index contributed by atoms with van der Waals surface area (Å²) in [6.07, 6.45) is 1.44. The molecule has 11 nitrogen and oxygen atoms in total. The largest absolute Gasteiger partial charge is 0.369 e. The van der Waals surface area contributed by atoms with Crippen LogP contribution in [0.25, 0.3) is 33.4 Å². The fourth-order valence-corrected chi connectivity index (χ4v) is 5.59. The molecule has 4 rings (SSSR count). The second-order valence-electron chi connectivity index (χ2n) is 6.85. The summed E-state index contributed by atoms with van der Waals surface area (Å²) < 4.78 is 25.5. The molecule has 31 heavy (non-hydrogen) atoms. The Labute approximate surface area is 182 Å². The smallest absolute Gasteiger partial charge is 0.239 e. The number of nitrogen functional groups attached to an aromatic ring is 1. The number of nitrogens with zero attached hydrogens (tertiary/aromatic N) is 3. The van der Waals surface area contributed by atoms with Crippen molar-refractivity contribution in [2.75, 3.05) is 18.0 Å². The first-order valence-electron chi connectivity index (χ1n) is 9.18. The van der Waals surface area contributed by atoms with Crippen LogP contribution < -0.4 is 22.3 Å². The van der Waals surface area contributed by atoms with Gasteiger partial charge < -0.3 is 22.2 Å². The lowest BCUT2D eigenvalue weighted by Gasteiger charge is -2.17. The standard InChI is InChI=1S/C18H21N9O2S2/c19-6-9(20)8-30-14-5-4-10(11-2-1-3-12-16(11)25-18(21)24-12)15(13-7-23-27-26-13)17(14)31(22,28)29/h1-5,7,9H,6,8,19-20H2,(H3,21,24,25)(H2,22,28,29)(H,23,26,27). The van der Waals surface area contributed by atoms with Crippen LogP contribution in [0.1, 0.15) is 0 Å². The summed E-state index contributed by atoms with van der Waals surface area (Å²) in [5, 5.41) is 16.2. The van der Waals surface area contributed by atoms with Crippen molar-refractivity contribution in [1.29, 1.82) is 0 Å². The van der Waals surface area contributed by atoms with Crippen LogP contribution in [0, 0.1) is 0 Å². The minimum Gasteiger partial charge on any atom is -0.369 e. The van der Waals surface area contributed by atoms with Crippen LogP contribution in [0.2, 0.25) is 0 Å². The number of aromatic nitrogens is 5. The number of primary sulfonamides is 1. The number of para-hydroxylation sites is 1. The number of fused-ring (bicyclic) bond motifs is 1. The summed E-state index contributed by atoms with van der Waals surface area (Å²) in [7, 11) is -4.15. The van der Waals surface area contributed by atoms with Crippen LogP contribution in [0.5, 0.6) is 0 Å². The Balaban J connectivity index is 2.02. The predicted octanol–water partition coefficient (Wildman–Crippen LogP) is 0.623. The second-order valence-corrected chi connectivity index (χ2v) is 9.41. The Morgan fingerprint density at radius 3 is 2.65 bits per heavy atom. The van der Waals surface area contributed by atoms with Gasteiger partial charge in [0.1, 0.15) is 10.6 Å². The van der Waals surface area contributed by atoms with Crippen molar-refractivity contribution >= 4 is 38.8 Å². The lowest BCUT2D eigenvalue weighted by atomic mass is 9.96. The molecule has 1 atom stereocenters. The van der Waals surface area contributed by atoms with E-state index < -0.39 is 10.0 Å². The van der Waals surface area contributed by atoms with Gasteiger partial charge in [-0.3, -0.25) is 0 Å². The average molecular weight is 460 g/mol. The number of hydrogen-bond acceptors (Lipinski definition) is 9. The SMILES string of the molecule is NCC(N)CSc1ccc(-c2cccc3[nH]c(N)nc23)c(-c2cn[nH]n2)c1S(N)(=O)=O. The van der Waals surface area contributed by atoms with Crippen molar-refractivity contribution in [3.63, 3.8) is 0 Å². The molecule has 0 aliphatic rings. The number of hydrogen-bond donors (Lipinski definition) is 6. The zero-order chi connectivity index (χ0) is 22.2. The van der Waals surface area contributed by atoms with Crippen molar-refractivity contribution in [2.45, 2.75) is 15.8 Å². The highest BCUT2D eigenvalue weighted by atomic mass is 32.2. The molecule has 1 unspecified atom stereocenters.